The van der Waals surface area contributed by atoms with Gasteiger partial charge in [0.15, 0.2) is 5.13 Å². The highest BCUT2D eigenvalue weighted by Crippen LogP contribution is 2.26. The summed E-state index contributed by atoms with van der Waals surface area (Å²) in [6.07, 6.45) is 2.17. The van der Waals surface area contributed by atoms with Gasteiger partial charge in [0.1, 0.15) is 5.82 Å². The second-order valence-electron chi connectivity index (χ2n) is 5.42. The second-order valence-corrected chi connectivity index (χ2v) is 6.28. The van der Waals surface area contributed by atoms with Gasteiger partial charge >= 0.3 is 0 Å². The molecule has 3 rings (SSSR count). The zero-order chi connectivity index (χ0) is 16.9. The van der Waals surface area contributed by atoms with E-state index >= 15 is 0 Å². The van der Waals surface area contributed by atoms with Gasteiger partial charge in [0.05, 0.1) is 11.3 Å². The molecular formula is C19H17FN2OS. The molecule has 0 aliphatic rings. The number of rotatable bonds is 5. The highest BCUT2D eigenvalue weighted by Gasteiger charge is 2.13. The Morgan fingerprint density at radius 2 is 1.92 bits per heavy atom. The minimum absolute atomic E-state index is 0.0122. The molecule has 0 atom stereocenters. The van der Waals surface area contributed by atoms with Crippen LogP contribution in [0.1, 0.15) is 29.3 Å². The summed E-state index contributed by atoms with van der Waals surface area (Å²) in [5, 5.41) is 4.98. The quantitative estimate of drug-likeness (QED) is 0.697. The van der Waals surface area contributed by atoms with Crippen LogP contribution in [0.5, 0.6) is 0 Å². The van der Waals surface area contributed by atoms with Gasteiger partial charge in [0, 0.05) is 10.9 Å². The molecule has 1 heterocycles. The van der Waals surface area contributed by atoms with Gasteiger partial charge in [-0.05, 0) is 24.1 Å². The van der Waals surface area contributed by atoms with Crippen molar-refractivity contribution in [2.75, 3.05) is 5.32 Å². The van der Waals surface area contributed by atoms with Crippen molar-refractivity contribution in [2.45, 2.75) is 19.8 Å². The smallest absolute Gasteiger partial charge is 0.260 e. The monoisotopic (exact) mass is 340 g/mol. The van der Waals surface area contributed by atoms with Crippen LogP contribution in [0.25, 0.3) is 11.3 Å². The summed E-state index contributed by atoms with van der Waals surface area (Å²) in [5.74, 6) is -1.04. The molecule has 3 aromatic rings. The number of hydrogen-bond donors (Lipinski definition) is 1. The molecule has 5 heteroatoms. The Hall–Kier alpha value is -2.53. The molecule has 0 bridgehead atoms. The van der Waals surface area contributed by atoms with Gasteiger partial charge in [-0.15, -0.1) is 11.3 Å². The van der Waals surface area contributed by atoms with E-state index in [9.17, 15) is 9.18 Å². The van der Waals surface area contributed by atoms with E-state index < -0.39 is 11.7 Å². The predicted octanol–water partition coefficient (Wildman–Crippen LogP) is 5.15. The van der Waals surface area contributed by atoms with Crippen LogP contribution < -0.4 is 5.32 Å². The molecule has 1 N–H and O–H groups in total. The summed E-state index contributed by atoms with van der Waals surface area (Å²) in [4.78, 5) is 16.5. The van der Waals surface area contributed by atoms with Crippen molar-refractivity contribution < 1.29 is 9.18 Å². The number of thiazole rings is 1. The minimum Gasteiger partial charge on any atom is -0.298 e. The molecule has 122 valence electrons. The van der Waals surface area contributed by atoms with E-state index in [0.717, 1.165) is 24.1 Å². The van der Waals surface area contributed by atoms with Crippen LogP contribution in [0.15, 0.2) is 53.9 Å². The van der Waals surface area contributed by atoms with E-state index in [4.69, 9.17) is 0 Å². The lowest BCUT2D eigenvalue weighted by atomic mass is 10.1. The van der Waals surface area contributed by atoms with E-state index in [1.165, 1.54) is 29.0 Å². The predicted molar refractivity (Wildman–Crippen MR) is 95.9 cm³/mol. The molecule has 0 saturated heterocycles. The van der Waals surface area contributed by atoms with Gasteiger partial charge in [-0.2, -0.15) is 0 Å². The number of nitrogens with one attached hydrogen (secondary N) is 1. The number of carbonyl (C=O) groups is 1. The summed E-state index contributed by atoms with van der Waals surface area (Å²) >= 11 is 1.32. The Labute approximate surface area is 144 Å². The minimum atomic E-state index is -0.543. The maximum absolute atomic E-state index is 13.6. The van der Waals surface area contributed by atoms with Crippen molar-refractivity contribution in [3.05, 3.63) is 70.9 Å². The van der Waals surface area contributed by atoms with Crippen LogP contribution in [-0.2, 0) is 6.42 Å². The number of hydrogen-bond acceptors (Lipinski definition) is 3. The third kappa shape index (κ3) is 3.68. The molecular weight excluding hydrogens is 323 g/mol. The van der Waals surface area contributed by atoms with Gasteiger partial charge in [0.2, 0.25) is 0 Å². The van der Waals surface area contributed by atoms with Gasteiger partial charge in [-0.25, -0.2) is 9.37 Å². The number of benzene rings is 2. The maximum Gasteiger partial charge on any atom is 0.260 e. The summed E-state index contributed by atoms with van der Waals surface area (Å²) in [6, 6.07) is 14.1. The SMILES string of the molecule is CCCc1ccc(-c2csc(NC(=O)c3ccccc3F)n2)cc1. The van der Waals surface area contributed by atoms with Crippen LogP contribution in [-0.4, -0.2) is 10.9 Å². The lowest BCUT2D eigenvalue weighted by Gasteiger charge is -2.03. The second kappa shape index (κ2) is 7.36. The number of anilines is 1. The fourth-order valence-corrected chi connectivity index (χ4v) is 3.12. The first-order chi connectivity index (χ1) is 11.7. The van der Waals surface area contributed by atoms with Crippen LogP contribution in [0.3, 0.4) is 0 Å². The van der Waals surface area contributed by atoms with Crippen LogP contribution in [0.2, 0.25) is 0 Å². The lowest BCUT2D eigenvalue weighted by molar-refractivity contribution is 0.102. The van der Waals surface area contributed by atoms with Gasteiger partial charge in [-0.3, -0.25) is 10.1 Å². The van der Waals surface area contributed by atoms with Crippen molar-refractivity contribution >= 4 is 22.4 Å². The Morgan fingerprint density at radius 3 is 2.62 bits per heavy atom. The first-order valence-corrected chi connectivity index (χ1v) is 8.66. The van der Waals surface area contributed by atoms with Gasteiger partial charge in [-0.1, -0.05) is 49.7 Å². The Kier molecular flexibility index (Phi) is 5.01. The molecule has 0 spiro atoms. The average molecular weight is 340 g/mol. The fraction of sp³-hybridized carbons (Fsp3) is 0.158. The Morgan fingerprint density at radius 1 is 1.17 bits per heavy atom. The van der Waals surface area contributed by atoms with Gasteiger partial charge < -0.3 is 0 Å². The average Bonchev–Trinajstić information content (AvgIpc) is 3.04. The molecule has 0 aliphatic heterocycles. The van der Waals surface area contributed by atoms with Crippen molar-refractivity contribution in [2.24, 2.45) is 0 Å². The van der Waals surface area contributed by atoms with E-state index in [-0.39, 0.29) is 5.56 Å². The number of amides is 1. The first kappa shape index (κ1) is 16.3. The summed E-state index contributed by atoms with van der Waals surface area (Å²) < 4.78 is 13.6. The topological polar surface area (TPSA) is 42.0 Å². The zero-order valence-corrected chi connectivity index (χ0v) is 14.1. The highest BCUT2D eigenvalue weighted by atomic mass is 32.1. The molecule has 0 radical (unpaired) electrons. The molecule has 0 aliphatic carbocycles. The number of carbonyl (C=O) groups excluding carboxylic acids is 1. The number of nitrogens with zero attached hydrogens (tertiary/aromatic N) is 1. The van der Waals surface area contributed by atoms with E-state index in [2.05, 4.69) is 29.4 Å². The van der Waals surface area contributed by atoms with E-state index in [1.807, 2.05) is 17.5 Å². The molecule has 1 amide bonds. The highest BCUT2D eigenvalue weighted by molar-refractivity contribution is 7.14. The largest absolute Gasteiger partial charge is 0.298 e. The number of aryl methyl sites for hydroxylation is 1. The maximum atomic E-state index is 13.6. The number of halogens is 1. The number of aromatic nitrogens is 1. The molecule has 1 aromatic heterocycles. The summed E-state index contributed by atoms with van der Waals surface area (Å²) in [6.45, 7) is 2.15. The van der Waals surface area contributed by atoms with Crippen molar-refractivity contribution in [3.63, 3.8) is 0 Å². The van der Waals surface area contributed by atoms with Crippen LogP contribution >= 0.6 is 11.3 Å². The van der Waals surface area contributed by atoms with Crippen molar-refractivity contribution in [1.29, 1.82) is 0 Å². The van der Waals surface area contributed by atoms with Crippen LogP contribution in [0, 0.1) is 5.82 Å². The normalized spacial score (nSPS) is 10.6. The Balaban J connectivity index is 1.73. The molecule has 0 fully saturated rings. The van der Waals surface area contributed by atoms with Crippen LogP contribution in [0.4, 0.5) is 9.52 Å². The molecule has 0 saturated carbocycles. The van der Waals surface area contributed by atoms with E-state index in [1.54, 1.807) is 12.1 Å². The Bertz CT molecular complexity index is 843. The lowest BCUT2D eigenvalue weighted by Crippen LogP contribution is -2.13. The summed E-state index contributed by atoms with van der Waals surface area (Å²) in [5.41, 5.74) is 3.10. The molecule has 24 heavy (non-hydrogen) atoms. The molecule has 3 nitrogen and oxygen atoms in total. The van der Waals surface area contributed by atoms with Gasteiger partial charge in [0.25, 0.3) is 5.91 Å². The third-order valence-electron chi connectivity index (χ3n) is 3.63. The third-order valence-corrected chi connectivity index (χ3v) is 4.39. The fourth-order valence-electron chi connectivity index (χ4n) is 2.40. The molecule has 0 unspecified atom stereocenters. The van der Waals surface area contributed by atoms with E-state index in [0.29, 0.717) is 5.13 Å². The van der Waals surface area contributed by atoms with Crippen molar-refractivity contribution in [3.8, 4) is 11.3 Å². The standard InChI is InChI=1S/C19H17FN2OS/c1-2-5-13-8-10-14(11-9-13)17-12-24-19(21-17)22-18(23)15-6-3-4-7-16(15)20/h3-4,6-12H,2,5H2,1H3,(H,21,22,23). The zero-order valence-electron chi connectivity index (χ0n) is 13.3. The van der Waals surface area contributed by atoms with Crippen molar-refractivity contribution in [1.82, 2.24) is 4.98 Å². The summed E-state index contributed by atoms with van der Waals surface area (Å²) in [7, 11) is 0. The first-order valence-electron chi connectivity index (χ1n) is 7.78. The molecule has 2 aromatic carbocycles.